The molecule has 0 aliphatic heterocycles. The largest absolute Gasteiger partial charge is 0.503 e. The average molecular weight is 368 g/mol. The molecule has 0 spiro atoms. The molecular weight excluding hydrogens is 344 g/mol. The van der Waals surface area contributed by atoms with Crippen LogP contribution in [0.25, 0.3) is 5.57 Å². The molecule has 0 saturated carbocycles. The van der Waals surface area contributed by atoms with Crippen molar-refractivity contribution in [1.29, 1.82) is 0 Å². The topological polar surface area (TPSA) is 61.8 Å². The second-order valence-corrected chi connectivity index (χ2v) is 6.19. The van der Waals surface area contributed by atoms with Gasteiger partial charge < -0.3 is 14.2 Å². The lowest BCUT2D eigenvalue weighted by molar-refractivity contribution is -0.133. The van der Waals surface area contributed by atoms with E-state index in [1.165, 1.54) is 20.5 Å². The zero-order chi connectivity index (χ0) is 20.0. The summed E-state index contributed by atoms with van der Waals surface area (Å²) in [7, 11) is 2.80. The van der Waals surface area contributed by atoms with Gasteiger partial charge in [0.05, 0.1) is 20.5 Å². The summed E-state index contributed by atoms with van der Waals surface area (Å²) in [6.45, 7) is 5.59. The molecule has 0 atom stereocenters. The molecule has 5 nitrogen and oxygen atoms in total. The van der Waals surface area contributed by atoms with Crippen LogP contribution in [0.1, 0.15) is 39.5 Å². The van der Waals surface area contributed by atoms with Crippen LogP contribution in [0.15, 0.2) is 42.7 Å². The van der Waals surface area contributed by atoms with Gasteiger partial charge in [-0.25, -0.2) is 4.79 Å². The predicted molar refractivity (Wildman–Crippen MR) is 104 cm³/mol. The van der Waals surface area contributed by atoms with Gasteiger partial charge in [-0.3, -0.25) is 4.79 Å². The standard InChI is InChI=1S/C22H24O5/c1-14-11-21(15(2)10-19(14)16(3)23)27-12-17-8-6-7-9-18(17)20(13-25-4)22(24)26-5/h6-11,13H,12H2,1-5H3. The third-order valence-corrected chi connectivity index (χ3v) is 4.23. The van der Waals surface area contributed by atoms with Crippen molar-refractivity contribution in [1.82, 2.24) is 0 Å². The molecule has 27 heavy (non-hydrogen) atoms. The van der Waals surface area contributed by atoms with Crippen LogP contribution in [0, 0.1) is 13.8 Å². The number of hydrogen-bond acceptors (Lipinski definition) is 5. The van der Waals surface area contributed by atoms with E-state index < -0.39 is 5.97 Å². The van der Waals surface area contributed by atoms with E-state index in [1.54, 1.807) is 6.92 Å². The average Bonchev–Trinajstić information content (AvgIpc) is 2.66. The van der Waals surface area contributed by atoms with E-state index in [4.69, 9.17) is 14.2 Å². The molecule has 2 rings (SSSR count). The molecule has 0 heterocycles. The Hall–Kier alpha value is -3.08. The number of methoxy groups -OCH3 is 2. The van der Waals surface area contributed by atoms with Crippen LogP contribution in [-0.4, -0.2) is 26.0 Å². The summed E-state index contributed by atoms with van der Waals surface area (Å²) in [5, 5.41) is 0. The Bertz CT molecular complexity index is 880. The summed E-state index contributed by atoms with van der Waals surface area (Å²) in [5.74, 6) is 0.240. The normalized spacial score (nSPS) is 11.1. The highest BCUT2D eigenvalue weighted by Crippen LogP contribution is 2.26. The molecule has 0 unspecified atom stereocenters. The van der Waals surface area contributed by atoms with Crippen molar-refractivity contribution in [2.75, 3.05) is 14.2 Å². The quantitative estimate of drug-likeness (QED) is 0.316. The second-order valence-electron chi connectivity index (χ2n) is 6.19. The SMILES string of the molecule is COC=C(C(=O)OC)c1ccccc1COc1cc(C)c(C(C)=O)cc1C. The Morgan fingerprint density at radius 3 is 2.33 bits per heavy atom. The van der Waals surface area contributed by atoms with E-state index in [1.807, 2.05) is 50.2 Å². The van der Waals surface area contributed by atoms with Crippen LogP contribution < -0.4 is 4.74 Å². The minimum absolute atomic E-state index is 0.0277. The van der Waals surface area contributed by atoms with Gasteiger partial charge in [-0.2, -0.15) is 0 Å². The van der Waals surface area contributed by atoms with Crippen molar-refractivity contribution >= 4 is 17.3 Å². The molecule has 2 aromatic rings. The third-order valence-electron chi connectivity index (χ3n) is 4.23. The molecule has 0 saturated heterocycles. The number of carbonyl (C=O) groups is 2. The van der Waals surface area contributed by atoms with Crippen LogP contribution in [0.5, 0.6) is 5.75 Å². The van der Waals surface area contributed by atoms with E-state index in [-0.39, 0.29) is 12.4 Å². The van der Waals surface area contributed by atoms with Gasteiger partial charge in [-0.15, -0.1) is 0 Å². The molecule has 0 radical (unpaired) electrons. The first-order valence-corrected chi connectivity index (χ1v) is 8.53. The Morgan fingerprint density at radius 1 is 1.00 bits per heavy atom. The van der Waals surface area contributed by atoms with Crippen molar-refractivity contribution < 1.29 is 23.8 Å². The molecular formula is C22H24O5. The van der Waals surface area contributed by atoms with Crippen LogP contribution >= 0.6 is 0 Å². The smallest absolute Gasteiger partial charge is 0.341 e. The predicted octanol–water partition coefficient (Wildman–Crippen LogP) is 4.25. The lowest BCUT2D eigenvalue weighted by atomic mass is 10.0. The summed E-state index contributed by atoms with van der Waals surface area (Å²) < 4.78 is 15.9. The minimum Gasteiger partial charge on any atom is -0.503 e. The minimum atomic E-state index is -0.484. The van der Waals surface area contributed by atoms with Crippen molar-refractivity contribution in [3.63, 3.8) is 0 Å². The highest BCUT2D eigenvalue weighted by atomic mass is 16.5. The maximum atomic E-state index is 12.1. The number of hydrogen-bond donors (Lipinski definition) is 0. The van der Waals surface area contributed by atoms with E-state index in [9.17, 15) is 9.59 Å². The highest BCUT2D eigenvalue weighted by Gasteiger charge is 2.17. The second kappa shape index (κ2) is 9.03. The molecule has 142 valence electrons. The van der Waals surface area contributed by atoms with Gasteiger partial charge in [0, 0.05) is 5.56 Å². The van der Waals surface area contributed by atoms with E-state index in [0.717, 1.165) is 16.7 Å². The number of benzene rings is 2. The van der Waals surface area contributed by atoms with Crippen LogP contribution in [0.4, 0.5) is 0 Å². The molecule has 0 bridgehead atoms. The Labute approximate surface area is 159 Å². The summed E-state index contributed by atoms with van der Waals surface area (Å²) in [6.07, 6.45) is 1.36. The molecule has 0 aromatic heterocycles. The number of ether oxygens (including phenoxy) is 3. The van der Waals surface area contributed by atoms with Crippen LogP contribution in [0.2, 0.25) is 0 Å². The zero-order valence-corrected chi connectivity index (χ0v) is 16.3. The molecule has 5 heteroatoms. The number of rotatable bonds is 7. The molecule has 0 aliphatic rings. The lowest BCUT2D eigenvalue weighted by Gasteiger charge is -2.15. The van der Waals surface area contributed by atoms with Gasteiger partial charge in [-0.05, 0) is 55.2 Å². The number of esters is 1. The van der Waals surface area contributed by atoms with Gasteiger partial charge in [-0.1, -0.05) is 24.3 Å². The maximum Gasteiger partial charge on any atom is 0.341 e. The fourth-order valence-corrected chi connectivity index (χ4v) is 2.84. The zero-order valence-electron chi connectivity index (χ0n) is 16.3. The van der Waals surface area contributed by atoms with Crippen LogP contribution in [-0.2, 0) is 20.9 Å². The summed E-state index contributed by atoms with van der Waals surface area (Å²) >= 11 is 0. The van der Waals surface area contributed by atoms with Gasteiger partial charge in [0.2, 0.25) is 0 Å². The van der Waals surface area contributed by atoms with E-state index >= 15 is 0 Å². The fourth-order valence-electron chi connectivity index (χ4n) is 2.84. The summed E-state index contributed by atoms with van der Waals surface area (Å²) in [6, 6.07) is 11.1. The Balaban J connectivity index is 2.32. The van der Waals surface area contributed by atoms with E-state index in [2.05, 4.69) is 0 Å². The van der Waals surface area contributed by atoms with Crippen molar-refractivity contribution in [3.8, 4) is 5.75 Å². The van der Waals surface area contributed by atoms with Gasteiger partial charge in [0.25, 0.3) is 0 Å². The van der Waals surface area contributed by atoms with E-state index in [0.29, 0.717) is 22.4 Å². The first-order valence-electron chi connectivity index (χ1n) is 8.53. The Kier molecular flexibility index (Phi) is 6.77. The number of ketones is 1. The van der Waals surface area contributed by atoms with Gasteiger partial charge >= 0.3 is 5.97 Å². The number of Topliss-reactive ketones (excluding diaryl/α,β-unsaturated/α-hetero) is 1. The van der Waals surface area contributed by atoms with Crippen molar-refractivity contribution in [2.45, 2.75) is 27.4 Å². The maximum absolute atomic E-state index is 12.1. The van der Waals surface area contributed by atoms with Crippen LogP contribution in [0.3, 0.4) is 0 Å². The molecule has 0 aliphatic carbocycles. The third kappa shape index (κ3) is 4.76. The lowest BCUT2D eigenvalue weighted by Crippen LogP contribution is -2.08. The molecule has 0 amide bonds. The van der Waals surface area contributed by atoms with Crippen molar-refractivity contribution in [3.05, 3.63) is 70.5 Å². The highest BCUT2D eigenvalue weighted by molar-refractivity contribution is 6.16. The fraction of sp³-hybridized carbons (Fsp3) is 0.273. The molecule has 0 N–H and O–H groups in total. The summed E-state index contributed by atoms with van der Waals surface area (Å²) in [5.41, 5.74) is 4.25. The summed E-state index contributed by atoms with van der Waals surface area (Å²) in [4.78, 5) is 23.8. The monoisotopic (exact) mass is 368 g/mol. The number of carbonyl (C=O) groups excluding carboxylic acids is 2. The number of aryl methyl sites for hydroxylation is 2. The molecule has 2 aromatic carbocycles. The van der Waals surface area contributed by atoms with Gasteiger partial charge in [0.1, 0.15) is 17.9 Å². The first-order chi connectivity index (χ1) is 12.9. The first kappa shape index (κ1) is 20.2. The van der Waals surface area contributed by atoms with Crippen molar-refractivity contribution in [2.24, 2.45) is 0 Å². The molecule has 0 fully saturated rings. The Morgan fingerprint density at radius 2 is 1.70 bits per heavy atom. The van der Waals surface area contributed by atoms with Gasteiger partial charge in [0.15, 0.2) is 5.78 Å².